The Labute approximate surface area is 196 Å². The number of anilines is 1. The number of fused-ring (bicyclic) bond motifs is 1. The van der Waals surface area contributed by atoms with Gasteiger partial charge < -0.3 is 10.2 Å². The van der Waals surface area contributed by atoms with Gasteiger partial charge in [0.1, 0.15) is 11.6 Å². The zero-order chi connectivity index (χ0) is 23.0. The number of nitrogens with one attached hydrogen (secondary N) is 1. The highest BCUT2D eigenvalue weighted by atomic mass is 16.1. The van der Waals surface area contributed by atoms with E-state index < -0.39 is 0 Å². The van der Waals surface area contributed by atoms with Crippen LogP contribution in [0.2, 0.25) is 0 Å². The predicted octanol–water partition coefficient (Wildman–Crippen LogP) is 5.86. The van der Waals surface area contributed by atoms with Crippen LogP contribution in [0.4, 0.5) is 5.69 Å². The van der Waals surface area contributed by atoms with E-state index in [9.17, 15) is 10.1 Å². The first kappa shape index (κ1) is 22.4. The van der Waals surface area contributed by atoms with Crippen molar-refractivity contribution in [3.05, 3.63) is 113 Å². The zero-order valence-corrected chi connectivity index (χ0v) is 19.0. The Hall–Kier alpha value is -3.84. The average Bonchev–Trinajstić information content (AvgIpc) is 2.87. The monoisotopic (exact) mass is 435 g/mol. The molecule has 33 heavy (non-hydrogen) atoms. The lowest BCUT2D eigenvalue weighted by Crippen LogP contribution is -2.29. The highest BCUT2D eigenvalue weighted by Gasteiger charge is 2.18. The number of carbonyl (C=O) groups is 1. The smallest absolute Gasteiger partial charge is 0.263 e. The molecule has 0 heterocycles. The van der Waals surface area contributed by atoms with E-state index in [-0.39, 0.29) is 17.5 Å². The number of amides is 1. The minimum atomic E-state index is -0.364. The van der Waals surface area contributed by atoms with Gasteiger partial charge in [-0.2, -0.15) is 5.26 Å². The molecule has 0 bridgehead atoms. The van der Waals surface area contributed by atoms with Crippen LogP contribution in [0.5, 0.6) is 0 Å². The summed E-state index contributed by atoms with van der Waals surface area (Å²) in [4.78, 5) is 15.0. The summed E-state index contributed by atoms with van der Waals surface area (Å²) in [6.45, 7) is 2.53. The highest BCUT2D eigenvalue weighted by molar-refractivity contribution is 5.97. The molecule has 0 spiro atoms. The van der Waals surface area contributed by atoms with Crippen LogP contribution in [-0.4, -0.2) is 5.91 Å². The maximum atomic E-state index is 13.0. The molecule has 1 amide bonds. The quantitative estimate of drug-likeness (QED) is 0.374. The second-order valence-corrected chi connectivity index (χ2v) is 8.53. The van der Waals surface area contributed by atoms with Crippen molar-refractivity contribution >= 4 is 11.6 Å². The number of aryl methyl sites for hydroxylation is 2. The lowest BCUT2D eigenvalue weighted by atomic mass is 9.89. The molecule has 166 valence electrons. The molecular formula is C29H29N3O. The Morgan fingerprint density at radius 3 is 2.36 bits per heavy atom. The van der Waals surface area contributed by atoms with Crippen molar-refractivity contribution in [2.24, 2.45) is 0 Å². The van der Waals surface area contributed by atoms with Crippen molar-refractivity contribution in [1.29, 1.82) is 5.26 Å². The van der Waals surface area contributed by atoms with Crippen LogP contribution in [0, 0.1) is 11.3 Å². The van der Waals surface area contributed by atoms with Gasteiger partial charge in [0.25, 0.3) is 5.91 Å². The van der Waals surface area contributed by atoms with Gasteiger partial charge in [0, 0.05) is 18.4 Å². The Kier molecular flexibility index (Phi) is 7.22. The van der Waals surface area contributed by atoms with Crippen LogP contribution >= 0.6 is 0 Å². The summed E-state index contributed by atoms with van der Waals surface area (Å²) in [5.74, 6) is -0.364. The maximum Gasteiger partial charge on any atom is 0.263 e. The van der Waals surface area contributed by atoms with E-state index in [1.807, 2.05) is 72.5 Å². The molecule has 1 aliphatic rings. The van der Waals surface area contributed by atoms with Crippen LogP contribution in [0.25, 0.3) is 0 Å². The first-order valence-electron chi connectivity index (χ1n) is 11.5. The molecule has 0 aliphatic heterocycles. The standard InChI is InChI=1S/C29H29N3O/c1-22(25-17-16-24-12-8-9-13-26(24)18-25)31-29(33)27(19-30)21-32(28-14-6-3-7-15-28)20-23-10-4-2-5-11-23/h2-7,10-11,14-18,21-22H,8-9,12-13,20H2,1H3,(H,31,33)/b27-21-. The summed E-state index contributed by atoms with van der Waals surface area (Å²) in [7, 11) is 0. The molecule has 4 rings (SSSR count). The third-order valence-corrected chi connectivity index (χ3v) is 6.15. The number of nitriles is 1. The number of carbonyl (C=O) groups excluding carboxylic acids is 1. The van der Waals surface area contributed by atoms with Crippen molar-refractivity contribution in [3.63, 3.8) is 0 Å². The van der Waals surface area contributed by atoms with Gasteiger partial charge in [-0.15, -0.1) is 0 Å². The van der Waals surface area contributed by atoms with Crippen molar-refractivity contribution in [1.82, 2.24) is 5.32 Å². The van der Waals surface area contributed by atoms with Crippen LogP contribution in [0.3, 0.4) is 0 Å². The van der Waals surface area contributed by atoms with E-state index in [1.54, 1.807) is 6.20 Å². The topological polar surface area (TPSA) is 56.1 Å². The van der Waals surface area contributed by atoms with E-state index in [2.05, 4.69) is 29.6 Å². The number of hydrogen-bond donors (Lipinski definition) is 1. The first-order chi connectivity index (χ1) is 16.1. The summed E-state index contributed by atoms with van der Waals surface area (Å²) < 4.78 is 0. The van der Waals surface area contributed by atoms with Crippen molar-refractivity contribution in [2.75, 3.05) is 4.90 Å². The van der Waals surface area contributed by atoms with E-state index in [1.165, 1.54) is 24.0 Å². The van der Waals surface area contributed by atoms with Crippen LogP contribution in [0.1, 0.15) is 48.1 Å². The molecule has 0 fully saturated rings. The van der Waals surface area contributed by atoms with E-state index in [0.29, 0.717) is 6.54 Å². The van der Waals surface area contributed by atoms with Gasteiger partial charge in [-0.1, -0.05) is 66.7 Å². The van der Waals surface area contributed by atoms with Gasteiger partial charge >= 0.3 is 0 Å². The highest BCUT2D eigenvalue weighted by Crippen LogP contribution is 2.25. The third kappa shape index (κ3) is 5.70. The van der Waals surface area contributed by atoms with E-state index >= 15 is 0 Å². The molecule has 1 N–H and O–H groups in total. The number of nitrogens with zero attached hydrogens (tertiary/aromatic N) is 2. The fraction of sp³-hybridized carbons (Fsp3) is 0.241. The van der Waals surface area contributed by atoms with Crippen molar-refractivity contribution in [2.45, 2.75) is 45.2 Å². The maximum absolute atomic E-state index is 13.0. The zero-order valence-electron chi connectivity index (χ0n) is 19.0. The Balaban J connectivity index is 1.54. The third-order valence-electron chi connectivity index (χ3n) is 6.15. The van der Waals surface area contributed by atoms with Gasteiger partial charge in [0.05, 0.1) is 6.04 Å². The van der Waals surface area contributed by atoms with E-state index in [4.69, 9.17) is 0 Å². The van der Waals surface area contributed by atoms with Crippen LogP contribution in [-0.2, 0) is 24.2 Å². The molecule has 4 heteroatoms. The Morgan fingerprint density at radius 2 is 1.67 bits per heavy atom. The minimum Gasteiger partial charge on any atom is -0.345 e. The molecular weight excluding hydrogens is 406 g/mol. The lowest BCUT2D eigenvalue weighted by Gasteiger charge is -2.22. The van der Waals surface area contributed by atoms with Gasteiger partial charge in [-0.25, -0.2) is 0 Å². The summed E-state index contributed by atoms with van der Waals surface area (Å²) in [5.41, 5.74) is 5.97. The molecule has 1 unspecified atom stereocenters. The lowest BCUT2D eigenvalue weighted by molar-refractivity contribution is -0.117. The summed E-state index contributed by atoms with van der Waals surface area (Å²) in [5, 5.41) is 12.8. The first-order valence-corrected chi connectivity index (χ1v) is 11.5. The predicted molar refractivity (Wildman–Crippen MR) is 132 cm³/mol. The second kappa shape index (κ2) is 10.7. The summed E-state index contributed by atoms with van der Waals surface area (Å²) in [6, 6.07) is 28.2. The normalized spacial score (nSPS) is 14.0. The molecule has 1 atom stereocenters. The molecule has 0 radical (unpaired) electrons. The van der Waals surface area contributed by atoms with Crippen molar-refractivity contribution in [3.8, 4) is 6.07 Å². The number of para-hydroxylation sites is 1. The van der Waals surface area contributed by atoms with Gasteiger partial charge in [0.2, 0.25) is 0 Å². The van der Waals surface area contributed by atoms with Gasteiger partial charge in [-0.3, -0.25) is 4.79 Å². The van der Waals surface area contributed by atoms with E-state index in [0.717, 1.165) is 29.7 Å². The summed E-state index contributed by atoms with van der Waals surface area (Å²) >= 11 is 0. The number of rotatable bonds is 7. The fourth-order valence-corrected chi connectivity index (χ4v) is 4.29. The van der Waals surface area contributed by atoms with Gasteiger partial charge in [0.15, 0.2) is 0 Å². The van der Waals surface area contributed by atoms with Crippen molar-refractivity contribution < 1.29 is 4.79 Å². The molecule has 0 aromatic heterocycles. The molecule has 3 aromatic rings. The number of hydrogen-bond acceptors (Lipinski definition) is 3. The minimum absolute atomic E-state index is 0.0830. The number of benzene rings is 3. The summed E-state index contributed by atoms with van der Waals surface area (Å²) in [6.07, 6.45) is 6.34. The Morgan fingerprint density at radius 1 is 1.00 bits per heavy atom. The molecule has 3 aromatic carbocycles. The SMILES string of the molecule is CC(NC(=O)/C(C#N)=C\N(Cc1ccccc1)c1ccccc1)c1ccc2c(c1)CCCC2. The molecule has 4 nitrogen and oxygen atoms in total. The largest absolute Gasteiger partial charge is 0.345 e. The molecule has 0 saturated heterocycles. The average molecular weight is 436 g/mol. The van der Waals surface area contributed by atoms with Crippen LogP contribution < -0.4 is 10.2 Å². The fourth-order valence-electron chi connectivity index (χ4n) is 4.29. The van der Waals surface area contributed by atoms with Gasteiger partial charge in [-0.05, 0) is 67.0 Å². The second-order valence-electron chi connectivity index (χ2n) is 8.53. The molecule has 1 aliphatic carbocycles. The van der Waals surface area contributed by atoms with Crippen LogP contribution in [0.15, 0.2) is 90.6 Å². The molecule has 0 saturated carbocycles. The Bertz CT molecular complexity index is 1160.